The van der Waals surface area contributed by atoms with Crippen LogP contribution in [-0.2, 0) is 9.59 Å². The summed E-state index contributed by atoms with van der Waals surface area (Å²) in [5, 5.41) is 3.26. The van der Waals surface area contributed by atoms with Gasteiger partial charge in [0.2, 0.25) is 11.8 Å². The highest BCUT2D eigenvalue weighted by Crippen LogP contribution is 2.48. The number of hydrogen-bond acceptors (Lipinski definition) is 3. The van der Waals surface area contributed by atoms with E-state index in [1.54, 1.807) is 4.90 Å². The molecule has 0 aliphatic carbocycles. The number of carbonyl (C=O) groups is 2. The summed E-state index contributed by atoms with van der Waals surface area (Å²) in [5.41, 5.74) is -1.18. The molecule has 0 radical (unpaired) electrons. The summed E-state index contributed by atoms with van der Waals surface area (Å²) in [6, 6.07) is 0.0947. The molecule has 2 aliphatic heterocycles. The summed E-state index contributed by atoms with van der Waals surface area (Å²) in [4.78, 5) is 26.4. The Balaban J connectivity index is 2.30. The zero-order valence-electron chi connectivity index (χ0n) is 11.2. The fourth-order valence-corrected chi connectivity index (χ4v) is 2.63. The molecule has 2 heterocycles. The molecule has 2 aliphatic rings. The lowest BCUT2D eigenvalue weighted by atomic mass is 9.70. The van der Waals surface area contributed by atoms with E-state index in [9.17, 15) is 9.59 Å². The number of carbonyl (C=O) groups excluding carboxylic acids is 2. The molecule has 2 amide bonds. The van der Waals surface area contributed by atoms with E-state index in [4.69, 9.17) is 0 Å². The van der Waals surface area contributed by atoms with E-state index in [-0.39, 0.29) is 17.9 Å². The van der Waals surface area contributed by atoms with Crippen molar-refractivity contribution in [2.75, 3.05) is 13.1 Å². The highest BCUT2D eigenvalue weighted by atomic mass is 16.2. The summed E-state index contributed by atoms with van der Waals surface area (Å²) in [6.07, 6.45) is 1.76. The standard InChI is InChI=1S/C13H22N2O2/c1-12(2)10(16)15(11(17)13(12,3)4)9-5-7-14-8-6-9/h9,14H,5-8H2,1-4H3. The van der Waals surface area contributed by atoms with Crippen LogP contribution in [0.5, 0.6) is 0 Å². The summed E-state index contributed by atoms with van der Waals surface area (Å²) in [7, 11) is 0. The first-order valence-corrected chi connectivity index (χ1v) is 6.39. The number of amides is 2. The molecule has 1 N–H and O–H groups in total. The predicted molar refractivity (Wildman–Crippen MR) is 65.3 cm³/mol. The third-order valence-electron chi connectivity index (χ3n) is 4.74. The monoisotopic (exact) mass is 238 g/mol. The van der Waals surface area contributed by atoms with Crippen LogP contribution >= 0.6 is 0 Å². The molecule has 0 saturated carbocycles. The van der Waals surface area contributed by atoms with Crippen molar-refractivity contribution in [3.05, 3.63) is 0 Å². The van der Waals surface area contributed by atoms with Crippen LogP contribution in [-0.4, -0.2) is 35.8 Å². The Hall–Kier alpha value is -0.900. The lowest BCUT2D eigenvalue weighted by Gasteiger charge is -2.31. The van der Waals surface area contributed by atoms with E-state index < -0.39 is 10.8 Å². The van der Waals surface area contributed by atoms with Crippen molar-refractivity contribution in [1.29, 1.82) is 0 Å². The van der Waals surface area contributed by atoms with Crippen LogP contribution in [0.1, 0.15) is 40.5 Å². The molecular formula is C13H22N2O2. The van der Waals surface area contributed by atoms with Gasteiger partial charge in [-0.15, -0.1) is 0 Å². The molecule has 4 heteroatoms. The quantitative estimate of drug-likeness (QED) is 0.697. The zero-order valence-corrected chi connectivity index (χ0v) is 11.2. The van der Waals surface area contributed by atoms with Crippen LogP contribution in [0.4, 0.5) is 0 Å². The van der Waals surface area contributed by atoms with Gasteiger partial charge in [-0.05, 0) is 53.6 Å². The lowest BCUT2D eigenvalue weighted by molar-refractivity contribution is -0.144. The van der Waals surface area contributed by atoms with E-state index in [2.05, 4.69) is 5.32 Å². The lowest BCUT2D eigenvalue weighted by Crippen LogP contribution is -2.47. The Bertz CT molecular complexity index is 328. The molecule has 0 aromatic rings. The predicted octanol–water partition coefficient (Wildman–Crippen LogP) is 1.16. The van der Waals surface area contributed by atoms with Gasteiger partial charge < -0.3 is 5.32 Å². The molecule has 96 valence electrons. The second-order valence-electron chi connectivity index (χ2n) is 6.21. The maximum Gasteiger partial charge on any atom is 0.236 e. The first-order valence-electron chi connectivity index (χ1n) is 6.39. The highest BCUT2D eigenvalue weighted by Gasteiger charge is 2.60. The highest BCUT2D eigenvalue weighted by molar-refractivity contribution is 6.09. The molecule has 2 rings (SSSR count). The molecule has 0 aromatic carbocycles. The molecule has 0 atom stereocenters. The maximum absolute atomic E-state index is 12.4. The van der Waals surface area contributed by atoms with Crippen molar-refractivity contribution in [1.82, 2.24) is 10.2 Å². The van der Waals surface area contributed by atoms with Crippen molar-refractivity contribution in [3.63, 3.8) is 0 Å². The molecule has 0 bridgehead atoms. The topological polar surface area (TPSA) is 49.4 Å². The minimum Gasteiger partial charge on any atom is -0.317 e. The largest absolute Gasteiger partial charge is 0.317 e. The number of nitrogens with one attached hydrogen (secondary N) is 1. The average Bonchev–Trinajstić information content (AvgIpc) is 2.40. The van der Waals surface area contributed by atoms with Crippen LogP contribution in [0.3, 0.4) is 0 Å². The Morgan fingerprint density at radius 1 is 1.00 bits per heavy atom. The van der Waals surface area contributed by atoms with Gasteiger partial charge in [-0.1, -0.05) is 0 Å². The van der Waals surface area contributed by atoms with Crippen molar-refractivity contribution in [3.8, 4) is 0 Å². The van der Waals surface area contributed by atoms with Crippen LogP contribution in [0, 0.1) is 10.8 Å². The smallest absolute Gasteiger partial charge is 0.236 e. The van der Waals surface area contributed by atoms with E-state index in [1.807, 2.05) is 27.7 Å². The van der Waals surface area contributed by atoms with Crippen LogP contribution < -0.4 is 5.32 Å². The van der Waals surface area contributed by atoms with Gasteiger partial charge in [-0.3, -0.25) is 14.5 Å². The molecule has 0 spiro atoms. The molecular weight excluding hydrogens is 216 g/mol. The summed E-state index contributed by atoms with van der Waals surface area (Å²) < 4.78 is 0. The summed E-state index contributed by atoms with van der Waals surface area (Å²) in [5.74, 6) is -0.00111. The van der Waals surface area contributed by atoms with Crippen LogP contribution in [0.15, 0.2) is 0 Å². The Morgan fingerprint density at radius 3 is 1.82 bits per heavy atom. The minimum absolute atomic E-state index is 0.000556. The van der Waals surface area contributed by atoms with Crippen molar-refractivity contribution < 1.29 is 9.59 Å². The summed E-state index contributed by atoms with van der Waals surface area (Å²) in [6.45, 7) is 9.32. The van der Waals surface area contributed by atoms with E-state index >= 15 is 0 Å². The van der Waals surface area contributed by atoms with Gasteiger partial charge in [0.05, 0.1) is 10.8 Å². The number of piperidine rings is 1. The molecule has 17 heavy (non-hydrogen) atoms. The molecule has 4 nitrogen and oxygen atoms in total. The van der Waals surface area contributed by atoms with Gasteiger partial charge >= 0.3 is 0 Å². The van der Waals surface area contributed by atoms with Gasteiger partial charge in [0, 0.05) is 6.04 Å². The van der Waals surface area contributed by atoms with Gasteiger partial charge in [-0.2, -0.15) is 0 Å². The number of nitrogens with zero attached hydrogens (tertiary/aromatic N) is 1. The maximum atomic E-state index is 12.4. The first kappa shape index (κ1) is 12.6. The number of imide groups is 1. The molecule has 2 fully saturated rings. The second kappa shape index (κ2) is 3.80. The number of rotatable bonds is 1. The van der Waals surface area contributed by atoms with Crippen LogP contribution in [0.25, 0.3) is 0 Å². The van der Waals surface area contributed by atoms with Gasteiger partial charge in [-0.25, -0.2) is 0 Å². The molecule has 2 saturated heterocycles. The zero-order chi connectivity index (χ0) is 12.8. The number of hydrogen-bond donors (Lipinski definition) is 1. The normalized spacial score (nSPS) is 28.8. The molecule has 0 aromatic heterocycles. The SMILES string of the molecule is CC1(C)C(=O)N(C2CCNCC2)C(=O)C1(C)C. The van der Waals surface area contributed by atoms with Crippen molar-refractivity contribution in [2.24, 2.45) is 10.8 Å². The van der Waals surface area contributed by atoms with Crippen molar-refractivity contribution >= 4 is 11.8 Å². The van der Waals surface area contributed by atoms with E-state index in [1.165, 1.54) is 0 Å². The fraction of sp³-hybridized carbons (Fsp3) is 0.846. The Kier molecular flexibility index (Phi) is 2.81. The van der Waals surface area contributed by atoms with Crippen LogP contribution in [0.2, 0.25) is 0 Å². The van der Waals surface area contributed by atoms with Gasteiger partial charge in [0.25, 0.3) is 0 Å². The first-order chi connectivity index (χ1) is 7.80. The Morgan fingerprint density at radius 2 is 1.41 bits per heavy atom. The summed E-state index contributed by atoms with van der Waals surface area (Å²) >= 11 is 0. The fourth-order valence-electron chi connectivity index (χ4n) is 2.63. The molecule has 0 unspecified atom stereocenters. The van der Waals surface area contributed by atoms with E-state index in [0.717, 1.165) is 25.9 Å². The second-order valence-corrected chi connectivity index (χ2v) is 6.21. The number of likely N-dealkylation sites (tertiary alicyclic amines) is 1. The third-order valence-corrected chi connectivity index (χ3v) is 4.74. The van der Waals surface area contributed by atoms with Gasteiger partial charge in [0.15, 0.2) is 0 Å². The minimum atomic E-state index is -0.588. The average molecular weight is 238 g/mol. The third kappa shape index (κ3) is 1.61. The Labute approximate surface area is 103 Å². The van der Waals surface area contributed by atoms with E-state index in [0.29, 0.717) is 0 Å². The van der Waals surface area contributed by atoms with Gasteiger partial charge in [0.1, 0.15) is 0 Å². The van der Waals surface area contributed by atoms with Crippen molar-refractivity contribution in [2.45, 2.75) is 46.6 Å².